The molecule has 6 nitrogen and oxygen atoms in total. The molecular formula is C19H19NO5S. The second kappa shape index (κ2) is 6.92. The van der Waals surface area contributed by atoms with Gasteiger partial charge in [0.1, 0.15) is 6.10 Å². The van der Waals surface area contributed by atoms with Crippen molar-refractivity contribution in [1.29, 1.82) is 0 Å². The number of carbonyl (C=O) groups is 2. The molecule has 1 heterocycles. The third kappa shape index (κ3) is 3.77. The molecule has 0 aliphatic carbocycles. The van der Waals surface area contributed by atoms with Crippen LogP contribution in [0.15, 0.2) is 53.4 Å². The molecule has 0 spiro atoms. The first-order valence-electron chi connectivity index (χ1n) is 8.15. The van der Waals surface area contributed by atoms with Crippen LogP contribution in [-0.2, 0) is 19.4 Å². The van der Waals surface area contributed by atoms with Crippen LogP contribution in [0.1, 0.15) is 47.0 Å². The average molecular weight is 373 g/mol. The molecule has 136 valence electrons. The van der Waals surface area contributed by atoms with Gasteiger partial charge in [0, 0.05) is 11.8 Å². The highest BCUT2D eigenvalue weighted by Crippen LogP contribution is 2.32. The summed E-state index contributed by atoms with van der Waals surface area (Å²) in [5, 5.41) is 2.85. The first-order valence-corrected chi connectivity index (χ1v) is 10.0. The van der Waals surface area contributed by atoms with Crippen molar-refractivity contribution in [3.05, 3.63) is 65.2 Å². The Morgan fingerprint density at radius 1 is 1.15 bits per heavy atom. The maximum absolute atomic E-state index is 12.3. The normalized spacial score (nSPS) is 17.3. The average Bonchev–Trinajstić information content (AvgIpc) is 2.90. The number of carbonyl (C=O) groups excluding carboxylic acids is 2. The lowest BCUT2D eigenvalue weighted by Gasteiger charge is -2.16. The molecule has 2 atom stereocenters. The maximum Gasteiger partial charge on any atom is 0.339 e. The van der Waals surface area contributed by atoms with Crippen molar-refractivity contribution in [3.63, 3.8) is 0 Å². The lowest BCUT2D eigenvalue weighted by Crippen LogP contribution is -2.28. The zero-order valence-corrected chi connectivity index (χ0v) is 15.2. The number of nitrogens with one attached hydrogen (secondary N) is 1. The zero-order chi connectivity index (χ0) is 18.9. The van der Waals surface area contributed by atoms with Gasteiger partial charge in [0.05, 0.1) is 22.9 Å². The first-order chi connectivity index (χ1) is 12.3. The Morgan fingerprint density at radius 3 is 2.46 bits per heavy atom. The van der Waals surface area contributed by atoms with Gasteiger partial charge >= 0.3 is 5.97 Å². The quantitative estimate of drug-likeness (QED) is 0.814. The van der Waals surface area contributed by atoms with Crippen molar-refractivity contribution in [2.24, 2.45) is 0 Å². The molecule has 0 fully saturated rings. The van der Waals surface area contributed by atoms with Crippen LogP contribution in [0.3, 0.4) is 0 Å². The Hall–Kier alpha value is -2.67. The molecule has 0 saturated carbocycles. The summed E-state index contributed by atoms with van der Waals surface area (Å²) in [6, 6.07) is 13.1. The molecule has 0 radical (unpaired) electrons. The number of amides is 1. The fraction of sp³-hybridized carbons (Fsp3) is 0.263. The number of cyclic esters (lactones) is 1. The number of hydrogen-bond acceptors (Lipinski definition) is 5. The second-order valence-corrected chi connectivity index (χ2v) is 8.33. The summed E-state index contributed by atoms with van der Waals surface area (Å²) in [5.41, 5.74) is 2.00. The van der Waals surface area contributed by atoms with Crippen LogP contribution in [0.2, 0.25) is 0 Å². The fourth-order valence-corrected chi connectivity index (χ4v) is 3.56. The number of esters is 1. The summed E-state index contributed by atoms with van der Waals surface area (Å²) < 4.78 is 28.3. The van der Waals surface area contributed by atoms with Gasteiger partial charge in [-0.25, -0.2) is 13.2 Å². The van der Waals surface area contributed by atoms with E-state index in [1.165, 1.54) is 12.1 Å². The van der Waals surface area contributed by atoms with Gasteiger partial charge in [0.25, 0.3) is 0 Å². The summed E-state index contributed by atoms with van der Waals surface area (Å²) in [5.74, 6) is -0.665. The molecule has 0 saturated heterocycles. The first kappa shape index (κ1) is 18.1. The van der Waals surface area contributed by atoms with Crippen molar-refractivity contribution in [2.45, 2.75) is 30.4 Å². The molecule has 7 heteroatoms. The van der Waals surface area contributed by atoms with E-state index in [0.717, 1.165) is 17.4 Å². The van der Waals surface area contributed by atoms with Crippen LogP contribution >= 0.6 is 0 Å². The van der Waals surface area contributed by atoms with E-state index in [2.05, 4.69) is 5.32 Å². The third-order valence-electron chi connectivity index (χ3n) is 4.33. The van der Waals surface area contributed by atoms with Crippen LogP contribution in [0.5, 0.6) is 0 Å². The molecule has 0 bridgehead atoms. The van der Waals surface area contributed by atoms with E-state index < -0.39 is 21.9 Å². The Balaban J connectivity index is 1.64. The topological polar surface area (TPSA) is 89.5 Å². The van der Waals surface area contributed by atoms with Gasteiger partial charge in [-0.2, -0.15) is 0 Å². The molecule has 2 unspecified atom stereocenters. The molecule has 2 aromatic carbocycles. The van der Waals surface area contributed by atoms with Gasteiger partial charge in [-0.15, -0.1) is 0 Å². The molecular weight excluding hydrogens is 354 g/mol. The lowest BCUT2D eigenvalue weighted by atomic mass is 10.0. The smallest absolute Gasteiger partial charge is 0.339 e. The van der Waals surface area contributed by atoms with Crippen LogP contribution in [0, 0.1) is 0 Å². The monoisotopic (exact) mass is 373 g/mol. The number of ether oxygens (including phenoxy) is 1. The minimum absolute atomic E-state index is 0.0362. The Bertz CT molecular complexity index is 950. The van der Waals surface area contributed by atoms with Crippen LogP contribution in [0.25, 0.3) is 0 Å². The maximum atomic E-state index is 12.3. The second-order valence-electron chi connectivity index (χ2n) is 6.32. The number of sulfone groups is 1. The highest BCUT2D eigenvalue weighted by Gasteiger charge is 2.32. The Labute approximate surface area is 152 Å². The lowest BCUT2D eigenvalue weighted by molar-refractivity contribution is -0.123. The predicted molar refractivity (Wildman–Crippen MR) is 95.3 cm³/mol. The van der Waals surface area contributed by atoms with Crippen molar-refractivity contribution >= 4 is 21.7 Å². The Morgan fingerprint density at radius 2 is 1.81 bits per heavy atom. The van der Waals surface area contributed by atoms with Gasteiger partial charge in [-0.05, 0) is 30.7 Å². The minimum atomic E-state index is -3.25. The summed E-state index contributed by atoms with van der Waals surface area (Å²) >= 11 is 0. The van der Waals surface area contributed by atoms with E-state index >= 15 is 0 Å². The van der Waals surface area contributed by atoms with Crippen molar-refractivity contribution in [3.8, 4) is 0 Å². The largest absolute Gasteiger partial charge is 0.453 e. The van der Waals surface area contributed by atoms with E-state index in [4.69, 9.17) is 4.74 Å². The van der Waals surface area contributed by atoms with Gasteiger partial charge in [-0.1, -0.05) is 30.3 Å². The van der Waals surface area contributed by atoms with Crippen molar-refractivity contribution < 1.29 is 22.7 Å². The molecule has 2 aromatic rings. The van der Waals surface area contributed by atoms with Crippen LogP contribution in [-0.4, -0.2) is 26.6 Å². The van der Waals surface area contributed by atoms with Crippen molar-refractivity contribution in [1.82, 2.24) is 5.32 Å². The molecule has 0 aromatic heterocycles. The van der Waals surface area contributed by atoms with Crippen molar-refractivity contribution in [2.75, 3.05) is 6.26 Å². The molecule has 26 heavy (non-hydrogen) atoms. The van der Waals surface area contributed by atoms with E-state index in [-0.39, 0.29) is 23.3 Å². The van der Waals surface area contributed by atoms with Gasteiger partial charge in [0.15, 0.2) is 9.84 Å². The van der Waals surface area contributed by atoms with E-state index in [9.17, 15) is 18.0 Å². The van der Waals surface area contributed by atoms with Crippen LogP contribution < -0.4 is 5.32 Å². The van der Waals surface area contributed by atoms with E-state index in [1.54, 1.807) is 36.4 Å². The minimum Gasteiger partial charge on any atom is -0.453 e. The summed E-state index contributed by atoms with van der Waals surface area (Å²) in [6.07, 6.45) is 0.598. The molecule has 3 rings (SSSR count). The molecule has 1 aliphatic rings. The SMILES string of the molecule is CC(NC(=O)CC1OC(=O)c2ccccc21)c1ccc(S(C)(=O)=O)cc1. The van der Waals surface area contributed by atoms with Gasteiger partial charge < -0.3 is 10.1 Å². The summed E-state index contributed by atoms with van der Waals surface area (Å²) in [6.45, 7) is 1.81. The third-order valence-corrected chi connectivity index (χ3v) is 5.46. The standard InChI is InChI=1S/C19H19NO5S/c1-12(13-7-9-14(10-8-13)26(2,23)24)20-18(21)11-17-15-5-3-4-6-16(15)19(22)25-17/h3-10,12,17H,11H2,1-2H3,(H,20,21). The molecule has 1 amide bonds. The molecule has 1 N–H and O–H groups in total. The van der Waals surface area contributed by atoms with Crippen LogP contribution in [0.4, 0.5) is 0 Å². The number of benzene rings is 2. The summed E-state index contributed by atoms with van der Waals surface area (Å²) in [7, 11) is -3.25. The predicted octanol–water partition coefficient (Wildman–Crippen LogP) is 2.57. The molecule has 1 aliphatic heterocycles. The highest BCUT2D eigenvalue weighted by atomic mass is 32.2. The zero-order valence-electron chi connectivity index (χ0n) is 14.4. The van der Waals surface area contributed by atoms with Gasteiger partial charge in [-0.3, -0.25) is 4.79 Å². The highest BCUT2D eigenvalue weighted by molar-refractivity contribution is 7.90. The summed E-state index contributed by atoms with van der Waals surface area (Å²) in [4.78, 5) is 24.4. The fourth-order valence-electron chi connectivity index (χ4n) is 2.93. The van der Waals surface area contributed by atoms with E-state index in [1.807, 2.05) is 6.92 Å². The number of rotatable bonds is 5. The number of hydrogen-bond donors (Lipinski definition) is 1. The van der Waals surface area contributed by atoms with Gasteiger partial charge in [0.2, 0.25) is 5.91 Å². The number of fused-ring (bicyclic) bond motifs is 1. The Kier molecular flexibility index (Phi) is 4.82. The van der Waals surface area contributed by atoms with E-state index in [0.29, 0.717) is 5.56 Å².